The summed E-state index contributed by atoms with van der Waals surface area (Å²) in [6.07, 6.45) is 3.66. The number of nitro benzene ring substituents is 1. The van der Waals surface area contributed by atoms with E-state index in [2.05, 4.69) is 5.32 Å². The lowest BCUT2D eigenvalue weighted by molar-refractivity contribution is -0.385. The lowest BCUT2D eigenvalue weighted by Gasteiger charge is -2.32. The number of carbonyl (C=O) groups excluding carboxylic acids is 2. The first-order chi connectivity index (χ1) is 21.3. The van der Waals surface area contributed by atoms with E-state index in [0.717, 1.165) is 36.1 Å². The summed E-state index contributed by atoms with van der Waals surface area (Å²) in [7, 11) is -3.08. The van der Waals surface area contributed by atoms with E-state index >= 15 is 0 Å². The summed E-state index contributed by atoms with van der Waals surface area (Å²) in [5.41, 5.74) is 0.510. The Morgan fingerprint density at radius 1 is 1.07 bits per heavy atom. The minimum Gasteiger partial charge on any atom is -0.497 e. The van der Waals surface area contributed by atoms with Crippen molar-refractivity contribution in [1.82, 2.24) is 10.2 Å². The highest BCUT2D eigenvalue weighted by Crippen LogP contribution is 2.30. The first-order valence-electron chi connectivity index (χ1n) is 14.3. The zero-order chi connectivity index (χ0) is 32.9. The third kappa shape index (κ3) is 8.05. The number of halogens is 2. The summed E-state index contributed by atoms with van der Waals surface area (Å²) in [5.74, 6) is -0.631. The largest absolute Gasteiger partial charge is 0.497 e. The predicted octanol–water partition coefficient (Wildman–Crippen LogP) is 5.89. The summed E-state index contributed by atoms with van der Waals surface area (Å²) in [6, 6.07) is 13.3. The minimum atomic E-state index is -4.53. The van der Waals surface area contributed by atoms with Gasteiger partial charge in [-0.05, 0) is 74.7 Å². The zero-order valence-corrected chi connectivity index (χ0v) is 27.4. The first kappa shape index (κ1) is 34.0. The summed E-state index contributed by atoms with van der Waals surface area (Å²) in [5, 5.41) is 15.3. The van der Waals surface area contributed by atoms with Gasteiger partial charge in [0.1, 0.15) is 18.3 Å². The number of methoxy groups -OCH3 is 1. The van der Waals surface area contributed by atoms with E-state index in [1.165, 1.54) is 61.4 Å². The van der Waals surface area contributed by atoms with Crippen molar-refractivity contribution in [2.75, 3.05) is 18.0 Å². The van der Waals surface area contributed by atoms with Crippen LogP contribution in [0, 0.1) is 17.0 Å². The van der Waals surface area contributed by atoms with Crippen molar-refractivity contribution in [3.05, 3.63) is 92.0 Å². The molecule has 4 rings (SSSR count). The maximum absolute atomic E-state index is 14.2. The second kappa shape index (κ2) is 14.5. The van der Waals surface area contributed by atoms with Crippen LogP contribution in [0.3, 0.4) is 0 Å². The number of hydrogen-bond donors (Lipinski definition) is 1. The molecule has 14 heteroatoms. The maximum atomic E-state index is 14.2. The molecule has 0 aliphatic heterocycles. The number of anilines is 1. The molecule has 3 aromatic rings. The monoisotopic (exact) mass is 676 g/mol. The van der Waals surface area contributed by atoms with Gasteiger partial charge in [0, 0.05) is 34.3 Å². The van der Waals surface area contributed by atoms with Crippen molar-refractivity contribution >= 4 is 56.4 Å². The number of ether oxygens (including phenoxy) is 1. The molecule has 240 valence electrons. The lowest BCUT2D eigenvalue weighted by atomic mass is 10.1. The topological polar surface area (TPSA) is 139 Å². The van der Waals surface area contributed by atoms with E-state index in [-0.39, 0.29) is 45.4 Å². The Hall–Kier alpha value is -3.87. The van der Waals surface area contributed by atoms with Crippen molar-refractivity contribution in [2.45, 2.75) is 63.1 Å². The number of nitro groups is 1. The molecule has 1 fully saturated rings. The molecule has 1 atom stereocenters. The molecule has 1 aliphatic rings. The molecule has 3 aromatic carbocycles. The fourth-order valence-electron chi connectivity index (χ4n) is 5.16. The van der Waals surface area contributed by atoms with Crippen molar-refractivity contribution in [3.8, 4) is 5.75 Å². The first-order valence-corrected chi connectivity index (χ1v) is 16.5. The van der Waals surface area contributed by atoms with Crippen molar-refractivity contribution in [1.29, 1.82) is 0 Å². The zero-order valence-electron chi connectivity index (χ0n) is 25.0. The third-order valence-corrected chi connectivity index (χ3v) is 10.2. The van der Waals surface area contributed by atoms with Crippen molar-refractivity contribution < 1.29 is 27.7 Å². The molecule has 1 aliphatic carbocycles. The van der Waals surface area contributed by atoms with Gasteiger partial charge in [0.25, 0.3) is 15.7 Å². The van der Waals surface area contributed by atoms with Gasteiger partial charge in [0.2, 0.25) is 11.8 Å². The molecule has 0 heterocycles. The Balaban J connectivity index is 1.75. The lowest BCUT2D eigenvalue weighted by Crippen LogP contribution is -2.52. The number of amides is 2. The highest BCUT2D eigenvalue weighted by molar-refractivity contribution is 7.92. The van der Waals surface area contributed by atoms with E-state index in [4.69, 9.17) is 27.9 Å². The SMILES string of the molecule is COc1ccc(N(CC(=O)N(Cc2ccc(Cl)cc2Cl)[C@H](C)C(=O)NC2CCCC2)S(=O)(=O)c2ccc(C)c([N+](=O)[O-])c2)cc1. The average Bonchev–Trinajstić information content (AvgIpc) is 3.52. The second-order valence-corrected chi connectivity index (χ2v) is 13.5. The molecular formula is C31H34Cl2N4O7S. The van der Waals surface area contributed by atoms with Crippen LogP contribution in [0.1, 0.15) is 43.7 Å². The Morgan fingerprint density at radius 3 is 2.33 bits per heavy atom. The van der Waals surface area contributed by atoms with Crippen molar-refractivity contribution in [2.24, 2.45) is 0 Å². The molecule has 0 unspecified atom stereocenters. The number of sulfonamides is 1. The van der Waals surface area contributed by atoms with E-state index < -0.39 is 33.4 Å². The predicted molar refractivity (Wildman–Crippen MR) is 172 cm³/mol. The number of nitrogens with one attached hydrogen (secondary N) is 1. The maximum Gasteiger partial charge on any atom is 0.273 e. The van der Waals surface area contributed by atoms with E-state index in [0.29, 0.717) is 16.3 Å². The fourth-order valence-corrected chi connectivity index (χ4v) is 7.06. The van der Waals surface area contributed by atoms with Crippen LogP contribution in [-0.4, -0.2) is 55.8 Å². The molecule has 2 amide bonds. The van der Waals surface area contributed by atoms with Crippen LogP contribution in [-0.2, 0) is 26.2 Å². The van der Waals surface area contributed by atoms with Gasteiger partial charge in [-0.25, -0.2) is 8.42 Å². The van der Waals surface area contributed by atoms with Gasteiger partial charge in [0.05, 0.1) is 22.6 Å². The Kier molecular flexibility index (Phi) is 10.9. The number of nitrogens with zero attached hydrogens (tertiary/aromatic N) is 3. The molecule has 0 saturated heterocycles. The quantitative estimate of drug-likeness (QED) is 0.186. The van der Waals surface area contributed by atoms with Crippen LogP contribution in [0.2, 0.25) is 10.0 Å². The van der Waals surface area contributed by atoms with Gasteiger partial charge >= 0.3 is 0 Å². The summed E-state index contributed by atoms with van der Waals surface area (Å²) >= 11 is 12.5. The molecule has 0 spiro atoms. The number of carbonyl (C=O) groups is 2. The number of aryl methyl sites for hydroxylation is 1. The normalized spacial score (nSPS) is 14.1. The van der Waals surface area contributed by atoms with E-state index in [1.54, 1.807) is 19.1 Å². The smallest absolute Gasteiger partial charge is 0.273 e. The van der Waals surface area contributed by atoms with Crippen molar-refractivity contribution in [3.63, 3.8) is 0 Å². The van der Waals surface area contributed by atoms with Gasteiger partial charge < -0.3 is 15.0 Å². The average molecular weight is 678 g/mol. The number of hydrogen-bond acceptors (Lipinski definition) is 7. The van der Waals surface area contributed by atoms with Crippen LogP contribution in [0.25, 0.3) is 0 Å². The molecule has 1 saturated carbocycles. The highest BCUT2D eigenvalue weighted by Gasteiger charge is 2.34. The Labute approximate surface area is 272 Å². The molecule has 0 bridgehead atoms. The number of rotatable bonds is 12. The summed E-state index contributed by atoms with van der Waals surface area (Å²) in [4.78, 5) is 39.4. The number of benzene rings is 3. The van der Waals surface area contributed by atoms with E-state index in [9.17, 15) is 28.1 Å². The van der Waals surface area contributed by atoms with Gasteiger partial charge in [-0.3, -0.25) is 24.0 Å². The van der Waals surface area contributed by atoms with Crippen LogP contribution in [0.5, 0.6) is 5.75 Å². The van der Waals surface area contributed by atoms with Gasteiger partial charge in [0.15, 0.2) is 0 Å². The summed E-state index contributed by atoms with van der Waals surface area (Å²) < 4.78 is 34.3. The molecular weight excluding hydrogens is 643 g/mol. The Bertz CT molecular complexity index is 1680. The minimum absolute atomic E-state index is 0.00970. The second-order valence-electron chi connectivity index (χ2n) is 10.8. The van der Waals surface area contributed by atoms with Crippen LogP contribution >= 0.6 is 23.2 Å². The molecule has 1 N–H and O–H groups in total. The summed E-state index contributed by atoms with van der Waals surface area (Å²) in [6.45, 7) is 2.24. The van der Waals surface area contributed by atoms with Crippen LogP contribution in [0.15, 0.2) is 65.6 Å². The molecule has 45 heavy (non-hydrogen) atoms. The van der Waals surface area contributed by atoms with Gasteiger partial charge in [-0.2, -0.15) is 0 Å². The van der Waals surface area contributed by atoms with Gasteiger partial charge in [-0.15, -0.1) is 0 Å². The highest BCUT2D eigenvalue weighted by atomic mass is 35.5. The molecule has 0 aromatic heterocycles. The fraction of sp³-hybridized carbons (Fsp3) is 0.355. The van der Waals surface area contributed by atoms with Crippen LogP contribution < -0.4 is 14.4 Å². The van der Waals surface area contributed by atoms with E-state index in [1.807, 2.05) is 0 Å². The third-order valence-electron chi connectivity index (χ3n) is 7.83. The Morgan fingerprint density at radius 2 is 1.73 bits per heavy atom. The standard InChI is InChI=1S/C31H34Cl2N4O7S/c1-20-8-15-27(17-29(20)37(40)41)45(42,43)36(25-11-13-26(44-3)14-12-25)19-30(38)35(18-22-9-10-23(32)16-28(22)33)21(2)31(39)34-24-6-4-5-7-24/h8-17,21,24H,4-7,18-19H2,1-3H3,(H,34,39)/t21-/m1/s1. The molecule has 11 nitrogen and oxygen atoms in total. The molecule has 0 radical (unpaired) electrons. The van der Waals surface area contributed by atoms with Crippen LogP contribution in [0.4, 0.5) is 11.4 Å². The van der Waals surface area contributed by atoms with Gasteiger partial charge in [-0.1, -0.05) is 48.2 Å².